The molecule has 1 aromatic heterocycles. The lowest BCUT2D eigenvalue weighted by molar-refractivity contribution is -0.102. The van der Waals surface area contributed by atoms with E-state index in [1.807, 2.05) is 49.5 Å². The fourth-order valence-corrected chi connectivity index (χ4v) is 5.31. The molecule has 2 fully saturated rings. The molecule has 2 saturated heterocycles. The van der Waals surface area contributed by atoms with Gasteiger partial charge in [0.25, 0.3) is 0 Å². The van der Waals surface area contributed by atoms with Gasteiger partial charge in [-0.1, -0.05) is 30.3 Å². The molecule has 2 N–H and O–H groups in total. The minimum Gasteiger partial charge on any atom is -0.494 e. The van der Waals surface area contributed by atoms with Gasteiger partial charge in [0.15, 0.2) is 12.1 Å². The summed E-state index contributed by atoms with van der Waals surface area (Å²) in [6, 6.07) is 15.9. The Morgan fingerprint density at radius 3 is 2.70 bits per heavy atom. The van der Waals surface area contributed by atoms with Crippen LogP contribution >= 0.6 is 0 Å². The van der Waals surface area contributed by atoms with Crippen LogP contribution in [0.5, 0.6) is 5.75 Å². The maximum absolute atomic E-state index is 12.0. The molecule has 2 aliphatic rings. The number of nitrogens with one attached hydrogen (secondary N) is 2. The first-order valence-corrected chi connectivity index (χ1v) is 13.8. The second-order valence-electron chi connectivity index (χ2n) is 10.3. The molecule has 5 rings (SSSR count). The molecular formula is C30H38N8O2. The molecule has 210 valence electrons. The van der Waals surface area contributed by atoms with Crippen LogP contribution in [-0.2, 0) is 4.79 Å². The number of benzene rings is 2. The van der Waals surface area contributed by atoms with Crippen molar-refractivity contribution in [3.05, 3.63) is 60.3 Å². The Hall–Kier alpha value is -4.02. The molecule has 40 heavy (non-hydrogen) atoms. The molecule has 10 nitrogen and oxygen atoms in total. The molecule has 0 saturated carbocycles. The molecule has 0 radical (unpaired) electrons. The molecule has 0 aliphatic carbocycles. The van der Waals surface area contributed by atoms with Crippen molar-refractivity contribution in [1.82, 2.24) is 20.2 Å². The lowest BCUT2D eigenvalue weighted by Gasteiger charge is -2.36. The van der Waals surface area contributed by atoms with Crippen LogP contribution in [0.1, 0.15) is 18.4 Å². The maximum Gasteiger partial charge on any atom is 0.229 e. The van der Waals surface area contributed by atoms with Gasteiger partial charge in [0.2, 0.25) is 5.95 Å². The zero-order chi connectivity index (χ0) is 27.9. The minimum atomic E-state index is 0.264. The van der Waals surface area contributed by atoms with E-state index in [9.17, 15) is 4.79 Å². The van der Waals surface area contributed by atoms with Gasteiger partial charge < -0.3 is 30.1 Å². The molecule has 10 heteroatoms. The van der Waals surface area contributed by atoms with E-state index >= 15 is 0 Å². The van der Waals surface area contributed by atoms with Crippen LogP contribution in [0.15, 0.2) is 59.7 Å². The number of piperidine rings is 1. The minimum absolute atomic E-state index is 0.264. The van der Waals surface area contributed by atoms with Gasteiger partial charge in [-0.15, -0.1) is 0 Å². The summed E-state index contributed by atoms with van der Waals surface area (Å²) in [6.07, 6.45) is 4.63. The van der Waals surface area contributed by atoms with Crippen molar-refractivity contribution in [2.75, 3.05) is 75.6 Å². The summed E-state index contributed by atoms with van der Waals surface area (Å²) in [5.41, 5.74) is 3.54. The van der Waals surface area contributed by atoms with Gasteiger partial charge in [0, 0.05) is 63.1 Å². The zero-order valence-electron chi connectivity index (χ0n) is 23.5. The van der Waals surface area contributed by atoms with Crippen LogP contribution in [0.4, 0.5) is 28.8 Å². The van der Waals surface area contributed by atoms with Crippen molar-refractivity contribution in [2.45, 2.75) is 18.9 Å². The zero-order valence-corrected chi connectivity index (χ0v) is 23.5. The number of aldehydes is 1. The van der Waals surface area contributed by atoms with Crippen LogP contribution in [0, 0.1) is 0 Å². The molecule has 1 atom stereocenters. The van der Waals surface area contributed by atoms with Gasteiger partial charge in [-0.25, -0.2) is 9.98 Å². The van der Waals surface area contributed by atoms with E-state index in [1.54, 1.807) is 13.3 Å². The van der Waals surface area contributed by atoms with Crippen LogP contribution in [0.2, 0.25) is 0 Å². The van der Waals surface area contributed by atoms with Crippen LogP contribution in [-0.4, -0.2) is 93.4 Å². The Bertz CT molecular complexity index is 1330. The smallest absolute Gasteiger partial charge is 0.229 e. The second kappa shape index (κ2) is 12.9. The van der Waals surface area contributed by atoms with E-state index in [0.717, 1.165) is 81.1 Å². The number of ether oxygens (including phenoxy) is 1. The third kappa shape index (κ3) is 6.40. The summed E-state index contributed by atoms with van der Waals surface area (Å²) in [4.78, 5) is 33.1. The Balaban J connectivity index is 1.48. The highest BCUT2D eigenvalue weighted by molar-refractivity contribution is 6.36. The number of anilines is 4. The summed E-state index contributed by atoms with van der Waals surface area (Å²) in [5.74, 6) is 1.83. The number of nitrogens with zero attached hydrogens (tertiary/aromatic N) is 6. The lowest BCUT2D eigenvalue weighted by Crippen LogP contribution is -2.45. The number of hydrogen-bond donors (Lipinski definition) is 2. The van der Waals surface area contributed by atoms with Gasteiger partial charge in [-0.05, 0) is 38.6 Å². The number of likely N-dealkylation sites (N-methyl/N-ethyl adjacent to an activating group) is 2. The predicted octanol–water partition coefficient (Wildman–Crippen LogP) is 3.49. The SMILES string of the molecule is COc1cc(N2CCNCC2)ccc1Nc1ncc(N=C(C=O)c2ccccc2)c(N(C)[C@@H]2CCCN(C)C2)n1. The number of carbonyl (C=O) groups is 1. The molecule has 2 aromatic carbocycles. The van der Waals surface area contributed by atoms with Crippen LogP contribution in [0.25, 0.3) is 0 Å². The number of aliphatic imine (C=N–C) groups is 1. The van der Waals surface area contributed by atoms with E-state index in [2.05, 4.69) is 43.4 Å². The van der Waals surface area contributed by atoms with E-state index in [1.165, 1.54) is 0 Å². The average molecular weight is 543 g/mol. The number of aromatic nitrogens is 2. The summed E-state index contributed by atoms with van der Waals surface area (Å²) < 4.78 is 5.74. The van der Waals surface area contributed by atoms with Gasteiger partial charge in [-0.3, -0.25) is 4.79 Å². The van der Waals surface area contributed by atoms with Crippen molar-refractivity contribution < 1.29 is 9.53 Å². The molecule has 0 bridgehead atoms. The van der Waals surface area contributed by atoms with E-state index in [-0.39, 0.29) is 6.04 Å². The molecule has 0 spiro atoms. The monoisotopic (exact) mass is 542 g/mol. The predicted molar refractivity (Wildman–Crippen MR) is 161 cm³/mol. The quantitative estimate of drug-likeness (QED) is 0.311. The molecule has 2 aliphatic heterocycles. The molecule has 3 aromatic rings. The summed E-state index contributed by atoms with van der Waals surface area (Å²) in [5, 5.41) is 6.74. The fourth-order valence-electron chi connectivity index (χ4n) is 5.31. The molecule has 0 amide bonds. The van der Waals surface area contributed by atoms with Crippen molar-refractivity contribution in [1.29, 1.82) is 0 Å². The first-order valence-electron chi connectivity index (χ1n) is 13.8. The standard InChI is InChI=1S/C30H38N8O2/c1-36-15-7-10-24(20-36)37(2)29-26(33-27(21-39)22-8-5-4-6-9-22)19-32-30(35-29)34-25-12-11-23(18-28(25)40-3)38-16-13-31-14-17-38/h4-6,8-9,11-12,18-19,21,24,31H,7,10,13-17,20H2,1-3H3,(H,32,34,35)/t24-/m1/s1. The van der Waals surface area contributed by atoms with Crippen molar-refractivity contribution in [2.24, 2.45) is 4.99 Å². The van der Waals surface area contributed by atoms with E-state index in [4.69, 9.17) is 14.7 Å². The highest BCUT2D eigenvalue weighted by Gasteiger charge is 2.25. The highest BCUT2D eigenvalue weighted by atomic mass is 16.5. The lowest BCUT2D eigenvalue weighted by atomic mass is 10.1. The second-order valence-corrected chi connectivity index (χ2v) is 10.3. The summed E-state index contributed by atoms with van der Waals surface area (Å²) in [7, 11) is 5.85. The number of carbonyl (C=O) groups excluding carboxylic acids is 1. The first-order chi connectivity index (χ1) is 19.6. The number of likely N-dealkylation sites (tertiary alicyclic amines) is 1. The Kier molecular flexibility index (Phi) is 8.87. The fraction of sp³-hybridized carbons (Fsp3) is 0.400. The Labute approximate surface area is 236 Å². The molecule has 0 unspecified atom stereocenters. The van der Waals surface area contributed by atoms with Gasteiger partial charge in [0.1, 0.15) is 17.1 Å². The topological polar surface area (TPSA) is 98.2 Å². The van der Waals surface area contributed by atoms with E-state index in [0.29, 0.717) is 23.2 Å². The van der Waals surface area contributed by atoms with Gasteiger partial charge in [-0.2, -0.15) is 4.98 Å². The largest absolute Gasteiger partial charge is 0.494 e. The third-order valence-electron chi connectivity index (χ3n) is 7.57. The van der Waals surface area contributed by atoms with Crippen molar-refractivity contribution in [3.63, 3.8) is 0 Å². The normalized spacial score (nSPS) is 18.3. The van der Waals surface area contributed by atoms with Gasteiger partial charge in [0.05, 0.1) is 19.0 Å². The van der Waals surface area contributed by atoms with Gasteiger partial charge >= 0.3 is 0 Å². The molecular weight excluding hydrogens is 504 g/mol. The maximum atomic E-state index is 12.0. The highest BCUT2D eigenvalue weighted by Crippen LogP contribution is 2.34. The first kappa shape index (κ1) is 27.5. The summed E-state index contributed by atoms with van der Waals surface area (Å²) in [6.45, 7) is 5.85. The Morgan fingerprint density at radius 2 is 1.98 bits per heavy atom. The molecule has 3 heterocycles. The average Bonchev–Trinajstić information content (AvgIpc) is 3.01. The number of piperazine rings is 1. The Morgan fingerprint density at radius 1 is 1.18 bits per heavy atom. The van der Waals surface area contributed by atoms with Crippen molar-refractivity contribution >= 4 is 40.8 Å². The van der Waals surface area contributed by atoms with Crippen molar-refractivity contribution in [3.8, 4) is 5.75 Å². The number of hydrogen-bond acceptors (Lipinski definition) is 10. The number of methoxy groups -OCH3 is 1. The van der Waals surface area contributed by atoms with E-state index < -0.39 is 0 Å². The van der Waals surface area contributed by atoms with Crippen LogP contribution < -0.4 is 25.2 Å². The third-order valence-corrected chi connectivity index (χ3v) is 7.57. The summed E-state index contributed by atoms with van der Waals surface area (Å²) >= 11 is 0. The van der Waals surface area contributed by atoms with Crippen LogP contribution in [0.3, 0.4) is 0 Å². The number of rotatable bonds is 9.